The first-order valence-electron chi connectivity index (χ1n) is 8.20. The molecule has 0 amide bonds. The third-order valence-corrected chi connectivity index (χ3v) is 5.11. The zero-order chi connectivity index (χ0) is 18.7. The van der Waals surface area contributed by atoms with Crippen molar-refractivity contribution in [3.63, 3.8) is 0 Å². The Kier molecular flexibility index (Phi) is 5.42. The largest absolute Gasteiger partial charge is 0.489 e. The molecule has 0 fully saturated rings. The molecule has 140 valence electrons. The Bertz CT molecular complexity index is 870. The molecule has 0 unspecified atom stereocenters. The summed E-state index contributed by atoms with van der Waals surface area (Å²) in [5.74, 6) is 1.01. The SMILES string of the molecule is Nc1ccc([C@@H](O)CNC[C@H]2CCc3cc(S(=O)(=O)O)ccc3O2)cn1. The van der Waals surface area contributed by atoms with E-state index in [1.54, 1.807) is 24.4 Å². The van der Waals surface area contributed by atoms with Gasteiger partial charge in [0.15, 0.2) is 0 Å². The van der Waals surface area contributed by atoms with Gasteiger partial charge in [-0.05, 0) is 42.7 Å². The van der Waals surface area contributed by atoms with E-state index in [0.717, 1.165) is 5.56 Å². The van der Waals surface area contributed by atoms with E-state index in [0.29, 0.717) is 43.1 Å². The summed E-state index contributed by atoms with van der Waals surface area (Å²) in [6.45, 7) is 0.888. The second kappa shape index (κ2) is 7.58. The van der Waals surface area contributed by atoms with Crippen LogP contribution in [0.1, 0.15) is 23.7 Å². The highest BCUT2D eigenvalue weighted by Crippen LogP contribution is 2.29. The van der Waals surface area contributed by atoms with Crippen LogP contribution in [0.2, 0.25) is 0 Å². The Morgan fingerprint density at radius 1 is 1.35 bits per heavy atom. The molecule has 0 aliphatic carbocycles. The second-order valence-corrected chi connectivity index (χ2v) is 7.64. The number of fused-ring (bicyclic) bond motifs is 1. The zero-order valence-electron chi connectivity index (χ0n) is 14.0. The monoisotopic (exact) mass is 379 g/mol. The highest BCUT2D eigenvalue weighted by atomic mass is 32.2. The van der Waals surface area contributed by atoms with Gasteiger partial charge in [0.1, 0.15) is 17.7 Å². The van der Waals surface area contributed by atoms with E-state index in [2.05, 4.69) is 10.3 Å². The van der Waals surface area contributed by atoms with Crippen LogP contribution in [0.4, 0.5) is 5.82 Å². The predicted molar refractivity (Wildman–Crippen MR) is 95.5 cm³/mol. The van der Waals surface area contributed by atoms with Crippen molar-refractivity contribution in [1.82, 2.24) is 10.3 Å². The van der Waals surface area contributed by atoms with Gasteiger partial charge in [-0.2, -0.15) is 8.42 Å². The molecule has 3 rings (SSSR count). The third kappa shape index (κ3) is 4.50. The second-order valence-electron chi connectivity index (χ2n) is 6.21. The van der Waals surface area contributed by atoms with Crippen LogP contribution < -0.4 is 15.8 Å². The van der Waals surface area contributed by atoms with E-state index < -0.39 is 16.2 Å². The minimum absolute atomic E-state index is 0.0872. The molecule has 9 heteroatoms. The van der Waals surface area contributed by atoms with Crippen molar-refractivity contribution in [2.24, 2.45) is 0 Å². The van der Waals surface area contributed by atoms with Gasteiger partial charge in [-0.25, -0.2) is 4.98 Å². The van der Waals surface area contributed by atoms with Crippen molar-refractivity contribution >= 4 is 15.9 Å². The minimum atomic E-state index is -4.21. The molecular formula is C17H21N3O5S. The molecule has 1 aliphatic rings. The van der Waals surface area contributed by atoms with Gasteiger partial charge in [0.05, 0.1) is 11.0 Å². The number of nitrogens with zero attached hydrogens (tertiary/aromatic N) is 1. The molecule has 0 radical (unpaired) electrons. The Labute approximate surface area is 151 Å². The van der Waals surface area contributed by atoms with Gasteiger partial charge in [0.25, 0.3) is 10.1 Å². The lowest BCUT2D eigenvalue weighted by Crippen LogP contribution is -2.36. The highest BCUT2D eigenvalue weighted by Gasteiger charge is 2.22. The number of anilines is 1. The van der Waals surface area contributed by atoms with Crippen molar-refractivity contribution in [2.75, 3.05) is 18.8 Å². The van der Waals surface area contributed by atoms with Crippen LogP contribution in [-0.4, -0.2) is 42.3 Å². The van der Waals surface area contributed by atoms with E-state index in [1.165, 1.54) is 12.1 Å². The number of hydrogen-bond acceptors (Lipinski definition) is 7. The van der Waals surface area contributed by atoms with E-state index >= 15 is 0 Å². The number of aliphatic hydroxyl groups excluding tert-OH is 1. The van der Waals surface area contributed by atoms with Crippen molar-refractivity contribution in [3.05, 3.63) is 47.7 Å². The molecule has 8 nitrogen and oxygen atoms in total. The molecule has 1 aliphatic heterocycles. The molecule has 1 aromatic heterocycles. The maximum atomic E-state index is 11.2. The van der Waals surface area contributed by atoms with Crippen LogP contribution >= 0.6 is 0 Å². The minimum Gasteiger partial charge on any atom is -0.489 e. The van der Waals surface area contributed by atoms with Crippen LogP contribution in [0.15, 0.2) is 41.4 Å². The van der Waals surface area contributed by atoms with E-state index in [1.807, 2.05) is 0 Å². The Morgan fingerprint density at radius 2 is 2.15 bits per heavy atom. The van der Waals surface area contributed by atoms with E-state index in [-0.39, 0.29) is 11.0 Å². The van der Waals surface area contributed by atoms with Gasteiger partial charge in [-0.3, -0.25) is 4.55 Å². The third-order valence-electron chi connectivity index (χ3n) is 4.26. The summed E-state index contributed by atoms with van der Waals surface area (Å²) < 4.78 is 37.3. The number of nitrogen functional groups attached to an aromatic ring is 1. The molecule has 2 atom stereocenters. The summed E-state index contributed by atoms with van der Waals surface area (Å²) in [4.78, 5) is 3.82. The molecule has 0 saturated carbocycles. The summed E-state index contributed by atoms with van der Waals surface area (Å²) in [7, 11) is -4.21. The Hall–Kier alpha value is -2.20. The van der Waals surface area contributed by atoms with Gasteiger partial charge < -0.3 is 20.9 Å². The quantitative estimate of drug-likeness (QED) is 0.545. The summed E-state index contributed by atoms with van der Waals surface area (Å²) >= 11 is 0. The number of aryl methyl sites for hydroxylation is 1. The van der Waals surface area contributed by atoms with Gasteiger partial charge in [0.2, 0.25) is 0 Å². The first-order valence-corrected chi connectivity index (χ1v) is 9.64. The number of nitrogens with one attached hydrogen (secondary N) is 1. The van der Waals surface area contributed by atoms with Crippen LogP contribution in [0.3, 0.4) is 0 Å². The number of pyridine rings is 1. The molecule has 2 heterocycles. The van der Waals surface area contributed by atoms with Gasteiger partial charge in [0, 0.05) is 24.8 Å². The lowest BCUT2D eigenvalue weighted by atomic mass is 10.0. The number of rotatable bonds is 6. The summed E-state index contributed by atoms with van der Waals surface area (Å²) in [6, 6.07) is 7.68. The lowest BCUT2D eigenvalue weighted by Gasteiger charge is -2.27. The van der Waals surface area contributed by atoms with E-state index in [4.69, 9.17) is 15.0 Å². The maximum Gasteiger partial charge on any atom is 0.294 e. The summed E-state index contributed by atoms with van der Waals surface area (Å²) in [6.07, 6.45) is 2.11. The van der Waals surface area contributed by atoms with Crippen molar-refractivity contribution in [2.45, 2.75) is 29.9 Å². The summed E-state index contributed by atoms with van der Waals surface area (Å²) in [5.41, 5.74) is 6.96. The predicted octanol–water partition coefficient (Wildman–Crippen LogP) is 0.927. The van der Waals surface area contributed by atoms with E-state index in [9.17, 15) is 13.5 Å². The number of aliphatic hydroxyl groups is 1. The molecule has 0 bridgehead atoms. The van der Waals surface area contributed by atoms with Crippen LogP contribution in [0.5, 0.6) is 5.75 Å². The smallest absolute Gasteiger partial charge is 0.294 e. The topological polar surface area (TPSA) is 135 Å². The Balaban J connectivity index is 1.52. The normalized spacial score (nSPS) is 18.0. The maximum absolute atomic E-state index is 11.2. The molecule has 1 aromatic carbocycles. The van der Waals surface area contributed by atoms with Gasteiger partial charge >= 0.3 is 0 Å². The number of benzene rings is 1. The van der Waals surface area contributed by atoms with Crippen LogP contribution in [0.25, 0.3) is 0 Å². The molecule has 26 heavy (non-hydrogen) atoms. The molecular weight excluding hydrogens is 358 g/mol. The zero-order valence-corrected chi connectivity index (χ0v) is 14.8. The number of nitrogens with two attached hydrogens (primary N) is 1. The van der Waals surface area contributed by atoms with Gasteiger partial charge in [-0.15, -0.1) is 0 Å². The highest BCUT2D eigenvalue weighted by molar-refractivity contribution is 7.85. The Morgan fingerprint density at radius 3 is 2.85 bits per heavy atom. The first kappa shape index (κ1) is 18.6. The van der Waals surface area contributed by atoms with Crippen LogP contribution in [0, 0.1) is 0 Å². The lowest BCUT2D eigenvalue weighted by molar-refractivity contribution is 0.146. The van der Waals surface area contributed by atoms with Gasteiger partial charge in [-0.1, -0.05) is 6.07 Å². The number of aromatic nitrogens is 1. The molecule has 0 spiro atoms. The molecule has 0 saturated heterocycles. The first-order chi connectivity index (χ1) is 12.3. The number of ether oxygens (including phenoxy) is 1. The average molecular weight is 379 g/mol. The van der Waals surface area contributed by atoms with Crippen molar-refractivity contribution in [1.29, 1.82) is 0 Å². The fourth-order valence-corrected chi connectivity index (χ4v) is 3.37. The number of hydrogen-bond donors (Lipinski definition) is 4. The van der Waals surface area contributed by atoms with Crippen LogP contribution in [-0.2, 0) is 16.5 Å². The van der Waals surface area contributed by atoms with Crippen molar-refractivity contribution in [3.8, 4) is 5.75 Å². The summed E-state index contributed by atoms with van der Waals surface area (Å²) in [5, 5.41) is 13.3. The molecule has 5 N–H and O–H groups in total. The molecule has 2 aromatic rings. The van der Waals surface area contributed by atoms with Crippen molar-refractivity contribution < 1.29 is 22.8 Å². The fourth-order valence-electron chi connectivity index (χ4n) is 2.84. The fraction of sp³-hybridized carbons (Fsp3) is 0.353. The standard InChI is InChI=1S/C17H21N3O5S/c18-17-6-2-12(8-20-17)15(21)10-19-9-13-3-1-11-7-14(26(22,23)24)4-5-16(11)25-13/h2,4-8,13,15,19,21H,1,3,9-10H2,(H2,18,20)(H,22,23,24)/t13-,15+/m1/s1. The average Bonchev–Trinajstić information content (AvgIpc) is 2.61.